The van der Waals surface area contributed by atoms with E-state index < -0.39 is 0 Å². The highest BCUT2D eigenvalue weighted by Crippen LogP contribution is 2.30. The minimum Gasteiger partial charge on any atom is -0.369 e. The third-order valence-corrected chi connectivity index (χ3v) is 3.94. The number of nitrogens with zero attached hydrogens (tertiary/aromatic N) is 5. The van der Waals surface area contributed by atoms with Gasteiger partial charge in [0.05, 0.1) is 30.7 Å². The predicted molar refractivity (Wildman–Crippen MR) is 89.6 cm³/mol. The average Bonchev–Trinajstić information content (AvgIpc) is 2.93. The Morgan fingerprint density at radius 3 is 2.75 bits per heavy atom. The molecule has 1 saturated heterocycles. The molecule has 8 nitrogen and oxygen atoms in total. The number of nitrogens with one attached hydrogen (secondary N) is 1. The van der Waals surface area contributed by atoms with Crippen LogP contribution in [0.4, 0.5) is 11.8 Å². The molecule has 3 heterocycles. The second-order valence-electron chi connectivity index (χ2n) is 6.02. The SMILES string of the molecule is Cc1cc(C)nc(Nc2cncc(C3CCCN3CC(N)=O)n2)n1. The monoisotopic (exact) mass is 327 g/mol. The third-order valence-electron chi connectivity index (χ3n) is 3.94. The number of rotatable bonds is 5. The molecule has 3 N–H and O–H groups in total. The average molecular weight is 327 g/mol. The summed E-state index contributed by atoms with van der Waals surface area (Å²) in [5, 5.41) is 3.10. The van der Waals surface area contributed by atoms with Crippen LogP contribution in [0.25, 0.3) is 0 Å². The van der Waals surface area contributed by atoms with Crippen LogP contribution in [0.2, 0.25) is 0 Å². The molecule has 0 bridgehead atoms. The molecule has 2 aromatic heterocycles. The fraction of sp³-hybridized carbons (Fsp3) is 0.438. The molecule has 0 spiro atoms. The van der Waals surface area contributed by atoms with Gasteiger partial charge in [0, 0.05) is 11.4 Å². The molecule has 0 saturated carbocycles. The van der Waals surface area contributed by atoms with E-state index in [1.807, 2.05) is 24.8 Å². The van der Waals surface area contributed by atoms with E-state index in [1.54, 1.807) is 12.4 Å². The van der Waals surface area contributed by atoms with Crippen molar-refractivity contribution < 1.29 is 4.79 Å². The second kappa shape index (κ2) is 6.88. The van der Waals surface area contributed by atoms with Crippen molar-refractivity contribution in [2.45, 2.75) is 32.7 Å². The molecule has 126 valence electrons. The van der Waals surface area contributed by atoms with E-state index in [-0.39, 0.29) is 18.5 Å². The van der Waals surface area contributed by atoms with Crippen molar-refractivity contribution in [3.63, 3.8) is 0 Å². The Kier molecular flexibility index (Phi) is 4.66. The van der Waals surface area contributed by atoms with Gasteiger partial charge in [0.15, 0.2) is 5.82 Å². The van der Waals surface area contributed by atoms with Crippen molar-refractivity contribution in [1.29, 1.82) is 0 Å². The van der Waals surface area contributed by atoms with Crippen molar-refractivity contribution in [3.8, 4) is 0 Å². The number of nitrogens with two attached hydrogens (primary N) is 1. The van der Waals surface area contributed by atoms with Crippen LogP contribution in [0.15, 0.2) is 18.5 Å². The predicted octanol–water partition coefficient (Wildman–Crippen LogP) is 1.25. The summed E-state index contributed by atoms with van der Waals surface area (Å²) in [5.74, 6) is 0.760. The minimum absolute atomic E-state index is 0.0620. The fourth-order valence-electron chi connectivity index (χ4n) is 3.05. The van der Waals surface area contributed by atoms with E-state index in [9.17, 15) is 4.79 Å². The van der Waals surface area contributed by atoms with E-state index in [4.69, 9.17) is 5.73 Å². The second-order valence-corrected chi connectivity index (χ2v) is 6.02. The van der Waals surface area contributed by atoms with Gasteiger partial charge in [-0.25, -0.2) is 15.0 Å². The number of carbonyl (C=O) groups is 1. The van der Waals surface area contributed by atoms with Gasteiger partial charge in [0.1, 0.15) is 0 Å². The van der Waals surface area contributed by atoms with E-state index in [0.29, 0.717) is 11.8 Å². The van der Waals surface area contributed by atoms with Gasteiger partial charge in [-0.05, 0) is 39.3 Å². The summed E-state index contributed by atoms with van der Waals surface area (Å²) >= 11 is 0. The highest BCUT2D eigenvalue weighted by Gasteiger charge is 2.28. The van der Waals surface area contributed by atoms with Gasteiger partial charge < -0.3 is 11.1 Å². The first kappa shape index (κ1) is 16.3. The molecule has 1 atom stereocenters. The molecular weight excluding hydrogens is 306 g/mol. The molecular formula is C16H21N7O. The quantitative estimate of drug-likeness (QED) is 0.850. The molecule has 0 aromatic carbocycles. The number of primary amides is 1. The van der Waals surface area contributed by atoms with Gasteiger partial charge in [-0.2, -0.15) is 0 Å². The molecule has 1 aliphatic rings. The van der Waals surface area contributed by atoms with E-state index in [2.05, 4.69) is 25.3 Å². The molecule has 1 unspecified atom stereocenters. The Morgan fingerprint density at radius 2 is 2.04 bits per heavy atom. The van der Waals surface area contributed by atoms with Crippen LogP contribution >= 0.6 is 0 Å². The molecule has 1 amide bonds. The summed E-state index contributed by atoms with van der Waals surface area (Å²) in [7, 11) is 0. The summed E-state index contributed by atoms with van der Waals surface area (Å²) in [6.45, 7) is 4.92. The first-order valence-electron chi connectivity index (χ1n) is 7.95. The largest absolute Gasteiger partial charge is 0.369 e. The van der Waals surface area contributed by atoms with Crippen LogP contribution in [0.3, 0.4) is 0 Å². The zero-order valence-electron chi connectivity index (χ0n) is 13.9. The zero-order valence-corrected chi connectivity index (χ0v) is 13.9. The fourth-order valence-corrected chi connectivity index (χ4v) is 3.05. The van der Waals surface area contributed by atoms with Crippen molar-refractivity contribution in [2.75, 3.05) is 18.4 Å². The van der Waals surface area contributed by atoms with Crippen LogP contribution in [0, 0.1) is 13.8 Å². The number of likely N-dealkylation sites (tertiary alicyclic amines) is 1. The van der Waals surface area contributed by atoms with Crippen molar-refractivity contribution >= 4 is 17.7 Å². The molecule has 0 radical (unpaired) electrons. The number of aromatic nitrogens is 4. The molecule has 3 rings (SSSR count). The van der Waals surface area contributed by atoms with Crippen molar-refractivity contribution in [3.05, 3.63) is 35.5 Å². The third kappa shape index (κ3) is 3.83. The molecule has 2 aromatic rings. The lowest BCUT2D eigenvalue weighted by molar-refractivity contribution is -0.119. The minimum atomic E-state index is -0.326. The first-order valence-corrected chi connectivity index (χ1v) is 7.95. The van der Waals surface area contributed by atoms with Gasteiger partial charge in [0.2, 0.25) is 11.9 Å². The molecule has 0 aliphatic carbocycles. The van der Waals surface area contributed by atoms with Crippen LogP contribution in [0.1, 0.15) is 36.0 Å². The number of anilines is 2. The lowest BCUT2D eigenvalue weighted by atomic mass is 10.1. The van der Waals surface area contributed by atoms with Gasteiger partial charge in [-0.3, -0.25) is 14.7 Å². The van der Waals surface area contributed by atoms with Gasteiger partial charge >= 0.3 is 0 Å². The highest BCUT2D eigenvalue weighted by molar-refractivity contribution is 5.76. The Morgan fingerprint density at radius 1 is 1.29 bits per heavy atom. The van der Waals surface area contributed by atoms with Crippen LogP contribution in [0.5, 0.6) is 0 Å². The van der Waals surface area contributed by atoms with Gasteiger partial charge in [0.25, 0.3) is 0 Å². The maximum Gasteiger partial charge on any atom is 0.231 e. The summed E-state index contributed by atoms with van der Waals surface area (Å²) < 4.78 is 0. The van der Waals surface area contributed by atoms with Crippen molar-refractivity contribution in [1.82, 2.24) is 24.8 Å². The lowest BCUT2D eigenvalue weighted by Crippen LogP contribution is -2.33. The van der Waals surface area contributed by atoms with E-state index >= 15 is 0 Å². The smallest absolute Gasteiger partial charge is 0.231 e. The first-order chi connectivity index (χ1) is 11.5. The Balaban J connectivity index is 1.80. The van der Waals surface area contributed by atoms with Crippen LogP contribution in [-0.4, -0.2) is 43.8 Å². The number of hydrogen-bond donors (Lipinski definition) is 2. The van der Waals surface area contributed by atoms with Crippen LogP contribution < -0.4 is 11.1 Å². The number of carbonyl (C=O) groups excluding carboxylic acids is 1. The Hall–Kier alpha value is -2.61. The maximum atomic E-state index is 11.2. The standard InChI is InChI=1S/C16H21N7O/c1-10-6-11(2)20-16(19-10)22-15-8-18-7-12(21-15)13-4-3-5-23(13)9-14(17)24/h6-8,13H,3-5,9H2,1-2H3,(H2,17,24)(H,19,20,21,22). The number of aryl methyl sites for hydroxylation is 2. The normalized spacial score (nSPS) is 17.8. The molecule has 24 heavy (non-hydrogen) atoms. The molecule has 1 fully saturated rings. The Labute approximate surface area is 140 Å². The van der Waals surface area contributed by atoms with Gasteiger partial charge in [-0.15, -0.1) is 0 Å². The molecule has 8 heteroatoms. The Bertz CT molecular complexity index is 729. The zero-order chi connectivity index (χ0) is 17.1. The summed E-state index contributed by atoms with van der Waals surface area (Å²) in [5.41, 5.74) is 7.92. The maximum absolute atomic E-state index is 11.2. The van der Waals surface area contributed by atoms with E-state index in [0.717, 1.165) is 36.5 Å². The van der Waals surface area contributed by atoms with Gasteiger partial charge in [-0.1, -0.05) is 0 Å². The number of hydrogen-bond acceptors (Lipinski definition) is 7. The molecule has 1 aliphatic heterocycles. The number of amides is 1. The summed E-state index contributed by atoms with van der Waals surface area (Å²) in [6.07, 6.45) is 5.32. The highest BCUT2D eigenvalue weighted by atomic mass is 16.1. The van der Waals surface area contributed by atoms with Crippen LogP contribution in [-0.2, 0) is 4.79 Å². The summed E-state index contributed by atoms with van der Waals surface area (Å²) in [4.78, 5) is 30.8. The lowest BCUT2D eigenvalue weighted by Gasteiger charge is -2.22. The van der Waals surface area contributed by atoms with Crippen molar-refractivity contribution in [2.24, 2.45) is 5.73 Å². The summed E-state index contributed by atoms with van der Waals surface area (Å²) in [6, 6.07) is 1.97. The van der Waals surface area contributed by atoms with E-state index in [1.165, 1.54) is 0 Å². The topological polar surface area (TPSA) is 110 Å².